The molecule has 0 spiro atoms. The highest BCUT2D eigenvalue weighted by molar-refractivity contribution is 5.81. The molecule has 0 fully saturated rings. The molecular formula is C6H14N2O. The van der Waals surface area contributed by atoms with Crippen molar-refractivity contribution >= 4 is 5.71 Å². The molecule has 0 aromatic carbocycles. The van der Waals surface area contributed by atoms with Crippen LogP contribution < -0.4 is 0 Å². The molecule has 1 N–H and O–H groups in total. The lowest BCUT2D eigenvalue weighted by atomic mass is 10.3. The summed E-state index contributed by atoms with van der Waals surface area (Å²) in [5.41, 5.74) is 0.781. The molecule has 9 heavy (non-hydrogen) atoms. The molecule has 0 saturated carbocycles. The lowest BCUT2D eigenvalue weighted by Gasteiger charge is -2.06. The van der Waals surface area contributed by atoms with Gasteiger partial charge in [-0.25, -0.2) is 0 Å². The van der Waals surface area contributed by atoms with Crippen LogP contribution in [0.15, 0.2) is 5.16 Å². The Bertz CT molecular complexity index is 99.2. The van der Waals surface area contributed by atoms with Crippen molar-refractivity contribution < 1.29 is 5.21 Å². The van der Waals surface area contributed by atoms with Crippen LogP contribution in [0.2, 0.25) is 0 Å². The minimum atomic E-state index is 0.781. The zero-order chi connectivity index (χ0) is 7.28. The first-order valence-corrected chi connectivity index (χ1v) is 2.99. The van der Waals surface area contributed by atoms with Crippen molar-refractivity contribution in [3.05, 3.63) is 0 Å². The van der Waals surface area contributed by atoms with Crippen molar-refractivity contribution in [2.24, 2.45) is 5.16 Å². The summed E-state index contributed by atoms with van der Waals surface area (Å²) in [6.45, 7) is 2.75. The SMILES string of the molecule is CC(CCN(C)C)=NO. The van der Waals surface area contributed by atoms with Gasteiger partial charge in [0.1, 0.15) is 0 Å². The van der Waals surface area contributed by atoms with E-state index in [0.717, 1.165) is 18.7 Å². The Balaban J connectivity index is 3.28. The third-order valence-electron chi connectivity index (χ3n) is 1.09. The van der Waals surface area contributed by atoms with Gasteiger partial charge in [-0.05, 0) is 21.0 Å². The van der Waals surface area contributed by atoms with Crippen LogP contribution in [0.1, 0.15) is 13.3 Å². The van der Waals surface area contributed by atoms with Gasteiger partial charge in [-0.2, -0.15) is 0 Å². The van der Waals surface area contributed by atoms with E-state index >= 15 is 0 Å². The maximum absolute atomic E-state index is 8.22. The molecule has 0 aromatic heterocycles. The van der Waals surface area contributed by atoms with E-state index < -0.39 is 0 Å². The van der Waals surface area contributed by atoms with Crippen LogP contribution >= 0.6 is 0 Å². The molecule has 0 rings (SSSR count). The Morgan fingerprint density at radius 3 is 2.44 bits per heavy atom. The second-order valence-corrected chi connectivity index (χ2v) is 2.39. The lowest BCUT2D eigenvalue weighted by molar-refractivity contribution is 0.315. The normalized spacial score (nSPS) is 12.7. The van der Waals surface area contributed by atoms with Crippen LogP contribution in [0.5, 0.6) is 0 Å². The molecule has 0 heterocycles. The topological polar surface area (TPSA) is 35.8 Å². The summed E-state index contributed by atoms with van der Waals surface area (Å²) in [7, 11) is 3.98. The number of hydrogen-bond donors (Lipinski definition) is 1. The molecule has 0 aliphatic carbocycles. The van der Waals surface area contributed by atoms with Crippen LogP contribution in [-0.4, -0.2) is 36.5 Å². The first-order chi connectivity index (χ1) is 4.16. The molecule has 0 amide bonds. The fourth-order valence-corrected chi connectivity index (χ4v) is 0.435. The van der Waals surface area contributed by atoms with Gasteiger partial charge in [0.2, 0.25) is 0 Å². The third-order valence-corrected chi connectivity index (χ3v) is 1.09. The van der Waals surface area contributed by atoms with E-state index in [9.17, 15) is 0 Å². The fourth-order valence-electron chi connectivity index (χ4n) is 0.435. The minimum Gasteiger partial charge on any atom is -0.411 e. The second kappa shape index (κ2) is 4.32. The highest BCUT2D eigenvalue weighted by Gasteiger charge is 1.92. The maximum atomic E-state index is 8.22. The van der Waals surface area contributed by atoms with Crippen molar-refractivity contribution in [3.8, 4) is 0 Å². The van der Waals surface area contributed by atoms with Crippen molar-refractivity contribution in [2.75, 3.05) is 20.6 Å². The zero-order valence-corrected chi connectivity index (χ0v) is 6.26. The van der Waals surface area contributed by atoms with Crippen molar-refractivity contribution in [1.29, 1.82) is 0 Å². The van der Waals surface area contributed by atoms with Crippen molar-refractivity contribution in [2.45, 2.75) is 13.3 Å². The van der Waals surface area contributed by atoms with E-state index in [2.05, 4.69) is 10.1 Å². The molecule has 3 heteroatoms. The zero-order valence-electron chi connectivity index (χ0n) is 6.26. The van der Waals surface area contributed by atoms with Gasteiger partial charge in [-0.1, -0.05) is 5.16 Å². The van der Waals surface area contributed by atoms with E-state index in [1.807, 2.05) is 21.0 Å². The first-order valence-electron chi connectivity index (χ1n) is 2.99. The average Bonchev–Trinajstić information content (AvgIpc) is 1.83. The van der Waals surface area contributed by atoms with Gasteiger partial charge in [-0.3, -0.25) is 0 Å². The molecular weight excluding hydrogens is 116 g/mol. The van der Waals surface area contributed by atoms with E-state index in [4.69, 9.17) is 5.21 Å². The Morgan fingerprint density at radius 2 is 2.11 bits per heavy atom. The average molecular weight is 130 g/mol. The van der Waals surface area contributed by atoms with E-state index in [-0.39, 0.29) is 0 Å². The summed E-state index contributed by atoms with van der Waals surface area (Å²) < 4.78 is 0. The molecule has 0 bridgehead atoms. The van der Waals surface area contributed by atoms with Gasteiger partial charge >= 0.3 is 0 Å². The Hall–Kier alpha value is -0.570. The van der Waals surface area contributed by atoms with Gasteiger partial charge < -0.3 is 10.1 Å². The van der Waals surface area contributed by atoms with Crippen molar-refractivity contribution in [3.63, 3.8) is 0 Å². The lowest BCUT2D eigenvalue weighted by Crippen LogP contribution is -2.15. The van der Waals surface area contributed by atoms with Gasteiger partial charge in [-0.15, -0.1) is 0 Å². The van der Waals surface area contributed by atoms with E-state index in [1.165, 1.54) is 0 Å². The third kappa shape index (κ3) is 5.30. The molecule has 0 atom stereocenters. The molecule has 3 nitrogen and oxygen atoms in total. The number of rotatable bonds is 3. The molecule has 0 aromatic rings. The Kier molecular flexibility index (Phi) is 4.05. The quantitative estimate of drug-likeness (QED) is 0.348. The largest absolute Gasteiger partial charge is 0.411 e. The molecule has 0 aliphatic rings. The predicted octanol–water partition coefficient (Wildman–Crippen LogP) is 0.788. The monoisotopic (exact) mass is 130 g/mol. The van der Waals surface area contributed by atoms with Crippen LogP contribution in [0, 0.1) is 0 Å². The van der Waals surface area contributed by atoms with Crippen LogP contribution in [0.4, 0.5) is 0 Å². The van der Waals surface area contributed by atoms with Crippen LogP contribution in [0.3, 0.4) is 0 Å². The molecule has 0 aliphatic heterocycles. The molecule has 0 radical (unpaired) electrons. The summed E-state index contributed by atoms with van der Waals surface area (Å²) in [5.74, 6) is 0. The number of nitrogens with zero attached hydrogens (tertiary/aromatic N) is 2. The van der Waals surface area contributed by atoms with E-state index in [0.29, 0.717) is 0 Å². The number of hydrogen-bond acceptors (Lipinski definition) is 3. The Labute approximate surface area is 56.0 Å². The van der Waals surface area contributed by atoms with Crippen molar-refractivity contribution in [1.82, 2.24) is 4.90 Å². The van der Waals surface area contributed by atoms with Gasteiger partial charge in [0.05, 0.1) is 5.71 Å². The van der Waals surface area contributed by atoms with Gasteiger partial charge in [0, 0.05) is 13.0 Å². The first kappa shape index (κ1) is 8.43. The maximum Gasteiger partial charge on any atom is 0.0552 e. The van der Waals surface area contributed by atoms with Crippen LogP contribution in [0.25, 0.3) is 0 Å². The second-order valence-electron chi connectivity index (χ2n) is 2.39. The Morgan fingerprint density at radius 1 is 1.56 bits per heavy atom. The molecule has 0 unspecified atom stereocenters. The van der Waals surface area contributed by atoms with Gasteiger partial charge in [0.25, 0.3) is 0 Å². The minimum absolute atomic E-state index is 0.781. The summed E-state index contributed by atoms with van der Waals surface area (Å²) in [6.07, 6.45) is 0.837. The molecule has 0 saturated heterocycles. The summed E-state index contributed by atoms with van der Waals surface area (Å²) >= 11 is 0. The summed E-state index contributed by atoms with van der Waals surface area (Å²) in [4.78, 5) is 2.05. The van der Waals surface area contributed by atoms with Crippen LogP contribution in [-0.2, 0) is 0 Å². The van der Waals surface area contributed by atoms with Gasteiger partial charge in [0.15, 0.2) is 0 Å². The highest BCUT2D eigenvalue weighted by Crippen LogP contribution is 1.86. The summed E-state index contributed by atoms with van der Waals surface area (Å²) in [6, 6.07) is 0. The predicted molar refractivity (Wildman–Crippen MR) is 38.1 cm³/mol. The summed E-state index contributed by atoms with van der Waals surface area (Å²) in [5, 5.41) is 11.3. The highest BCUT2D eigenvalue weighted by atomic mass is 16.4. The number of oxime groups is 1. The van der Waals surface area contributed by atoms with E-state index in [1.54, 1.807) is 0 Å². The fraction of sp³-hybridized carbons (Fsp3) is 0.833. The molecule has 54 valence electrons. The standard InChI is InChI=1S/C6H14N2O/c1-6(7-9)4-5-8(2)3/h9H,4-5H2,1-3H3. The smallest absolute Gasteiger partial charge is 0.0552 e.